The Bertz CT molecular complexity index is 3090. The Morgan fingerprint density at radius 3 is 1.68 bits per heavy atom. The Morgan fingerprint density at radius 2 is 1.11 bits per heavy atom. The largest absolute Gasteiger partial charge is 0.497 e. The van der Waals surface area contributed by atoms with Crippen LogP contribution in [0.1, 0.15) is 71.1 Å². The zero-order valence-electron chi connectivity index (χ0n) is 44.6. The first-order valence-corrected chi connectivity index (χ1v) is 27.2. The lowest BCUT2D eigenvalue weighted by molar-refractivity contribution is -0.538. The van der Waals surface area contributed by atoms with E-state index in [9.17, 15) is 5.26 Å². The van der Waals surface area contributed by atoms with Crippen molar-refractivity contribution in [2.75, 3.05) is 63.4 Å². The first kappa shape index (κ1) is 54.0. The fourth-order valence-corrected chi connectivity index (χ4v) is 11.6. The normalized spacial score (nSPS) is 12.2. The number of benzene rings is 7. The fraction of sp³-hybridized carbons (Fsp3) is 0.306. The van der Waals surface area contributed by atoms with Gasteiger partial charge in [0, 0.05) is 79.3 Å². The predicted octanol–water partition coefficient (Wildman–Crippen LogP) is 14.5. The average molecular weight is 1020 g/mol. The SMILES string of the molecule is CCN(CC)c1ccc2nc3ccc(N=Nc4ccc(N(CCOP(OCCC#N)N(C(C)C)C(C)C)CCC(c5ccccc5)(c5ccc(OC)cc5)c5ccc(OC)cc5)cc4)cc3[n+](-c3ccccc3)c2c1. The van der Waals surface area contributed by atoms with Gasteiger partial charge in [0.1, 0.15) is 22.5 Å². The summed E-state index contributed by atoms with van der Waals surface area (Å²) >= 11 is 0. The molecule has 0 amide bonds. The van der Waals surface area contributed by atoms with Crippen LogP contribution in [0.25, 0.3) is 27.8 Å². The van der Waals surface area contributed by atoms with Crippen LogP contribution in [0, 0.1) is 11.3 Å². The Balaban J connectivity index is 1.15. The van der Waals surface area contributed by atoms with E-state index in [1.165, 1.54) is 5.56 Å². The summed E-state index contributed by atoms with van der Waals surface area (Å²) in [6, 6.07) is 61.5. The van der Waals surface area contributed by atoms with Gasteiger partial charge in [0.25, 0.3) is 8.53 Å². The molecule has 386 valence electrons. The molecule has 1 atom stereocenters. The number of anilines is 2. The maximum absolute atomic E-state index is 9.39. The quantitative estimate of drug-likeness (QED) is 0.0138. The molecule has 8 aromatic rings. The summed E-state index contributed by atoms with van der Waals surface area (Å²) in [7, 11) is 1.95. The monoisotopic (exact) mass is 1020 g/mol. The molecule has 75 heavy (non-hydrogen) atoms. The van der Waals surface area contributed by atoms with Crippen molar-refractivity contribution in [2.24, 2.45) is 10.2 Å². The van der Waals surface area contributed by atoms with Crippen LogP contribution in [-0.4, -0.2) is 75.4 Å². The summed E-state index contributed by atoms with van der Waals surface area (Å²) in [6.45, 7) is 16.7. The number of nitriles is 1. The fourth-order valence-electron chi connectivity index (χ4n) is 10.0. The molecule has 1 heterocycles. The van der Waals surface area contributed by atoms with Crippen molar-refractivity contribution in [3.8, 4) is 23.3 Å². The number of aromatic nitrogens is 2. The summed E-state index contributed by atoms with van der Waals surface area (Å²) in [4.78, 5) is 9.85. The summed E-state index contributed by atoms with van der Waals surface area (Å²) in [5.41, 5.74) is 11.3. The molecule has 1 aromatic heterocycles. The summed E-state index contributed by atoms with van der Waals surface area (Å²) in [5.74, 6) is 1.59. The second kappa shape index (κ2) is 25.8. The van der Waals surface area contributed by atoms with Crippen LogP contribution < -0.4 is 23.8 Å². The van der Waals surface area contributed by atoms with E-state index in [0.717, 1.165) is 86.2 Å². The van der Waals surface area contributed by atoms with Gasteiger partial charge in [-0.15, -0.1) is 4.57 Å². The molecular formula is C62H70N8O4P+. The molecule has 0 spiro atoms. The molecule has 0 aliphatic heterocycles. The predicted molar refractivity (Wildman–Crippen MR) is 305 cm³/mol. The minimum Gasteiger partial charge on any atom is -0.497 e. The van der Waals surface area contributed by atoms with Crippen LogP contribution in [0.3, 0.4) is 0 Å². The molecule has 0 radical (unpaired) electrons. The molecule has 0 N–H and O–H groups in total. The number of methoxy groups -OCH3 is 2. The van der Waals surface area contributed by atoms with Gasteiger partial charge in [-0.05, 0) is 137 Å². The minimum atomic E-state index is -1.44. The third-order valence-corrected chi connectivity index (χ3v) is 15.8. The number of para-hydroxylation sites is 1. The van der Waals surface area contributed by atoms with Crippen LogP contribution in [0.4, 0.5) is 22.7 Å². The van der Waals surface area contributed by atoms with E-state index < -0.39 is 13.9 Å². The van der Waals surface area contributed by atoms with Gasteiger partial charge in [-0.25, -0.2) is 9.65 Å². The van der Waals surface area contributed by atoms with Gasteiger partial charge < -0.3 is 28.3 Å². The molecule has 7 aromatic carbocycles. The number of azo groups is 1. The number of nitrogens with zero attached hydrogens (tertiary/aromatic N) is 8. The lowest BCUT2D eigenvalue weighted by Gasteiger charge is -2.39. The van der Waals surface area contributed by atoms with Gasteiger partial charge in [0.2, 0.25) is 16.7 Å². The van der Waals surface area contributed by atoms with Crippen molar-refractivity contribution in [3.05, 3.63) is 187 Å². The minimum absolute atomic E-state index is 0.179. The third-order valence-electron chi connectivity index (χ3n) is 13.7. The Kier molecular flexibility index (Phi) is 18.6. The number of hydrogen-bond acceptors (Lipinski definition) is 11. The van der Waals surface area contributed by atoms with Gasteiger partial charge in [-0.3, -0.25) is 0 Å². The van der Waals surface area contributed by atoms with E-state index in [1.54, 1.807) is 14.2 Å². The topological polar surface area (TPSA) is 112 Å². The molecular weight excluding hydrogens is 952 g/mol. The van der Waals surface area contributed by atoms with Gasteiger partial charge in [-0.2, -0.15) is 15.5 Å². The van der Waals surface area contributed by atoms with Gasteiger partial charge >= 0.3 is 0 Å². The highest BCUT2D eigenvalue weighted by Gasteiger charge is 2.37. The zero-order valence-corrected chi connectivity index (χ0v) is 45.5. The lowest BCUT2D eigenvalue weighted by atomic mass is 9.67. The third kappa shape index (κ3) is 12.6. The average Bonchev–Trinajstić information content (AvgIpc) is 3.44. The van der Waals surface area contributed by atoms with E-state index in [1.807, 2.05) is 54.6 Å². The van der Waals surface area contributed by atoms with Crippen molar-refractivity contribution in [3.63, 3.8) is 0 Å². The summed E-state index contributed by atoms with van der Waals surface area (Å²) in [5, 5.41) is 19.0. The molecule has 0 bridgehead atoms. The van der Waals surface area contributed by atoms with E-state index >= 15 is 0 Å². The Morgan fingerprint density at radius 1 is 0.587 bits per heavy atom. The van der Waals surface area contributed by atoms with Crippen molar-refractivity contribution in [1.82, 2.24) is 9.65 Å². The molecule has 0 fully saturated rings. The van der Waals surface area contributed by atoms with Crippen LogP contribution >= 0.6 is 8.53 Å². The lowest BCUT2D eigenvalue weighted by Crippen LogP contribution is -2.37. The molecule has 8 rings (SSSR count). The van der Waals surface area contributed by atoms with E-state index in [2.05, 4.69) is 182 Å². The van der Waals surface area contributed by atoms with E-state index in [-0.39, 0.29) is 12.1 Å². The van der Waals surface area contributed by atoms with Gasteiger partial charge in [-0.1, -0.05) is 72.8 Å². The summed E-state index contributed by atoms with van der Waals surface area (Å²) < 4.78 is 28.9. The number of fused-ring (bicyclic) bond motifs is 2. The standard InChI is InChI=1S/C62H70N8O4P/c1-9-67(10-2)55-31-37-59-61(45-55)69(54-20-15-12-16-21-54)60-44-52(28-36-58(60)64-59)66-65-51-26-29-53(30-27-51)68(41-43-74-75(73-42-17-39-63)70(46(3)4)47(5)6)40-38-62(48-18-13-11-14-19-48,49-22-32-56(71-7)33-23-49)50-24-34-57(72-8)35-25-50/h11-16,18-37,44-47H,9-10,17,38,40-43H2,1-8H3/q+1. The maximum Gasteiger partial charge on any atom is 0.259 e. The van der Waals surface area contributed by atoms with Crippen LogP contribution in [0.5, 0.6) is 11.5 Å². The highest BCUT2D eigenvalue weighted by atomic mass is 31.2. The van der Waals surface area contributed by atoms with E-state index in [0.29, 0.717) is 39.1 Å². The highest BCUT2D eigenvalue weighted by molar-refractivity contribution is 7.44. The highest BCUT2D eigenvalue weighted by Crippen LogP contribution is 2.47. The van der Waals surface area contributed by atoms with Gasteiger partial charge in [0.05, 0.1) is 51.3 Å². The van der Waals surface area contributed by atoms with Gasteiger partial charge in [0.15, 0.2) is 0 Å². The van der Waals surface area contributed by atoms with Crippen LogP contribution in [0.15, 0.2) is 180 Å². The van der Waals surface area contributed by atoms with Crippen molar-refractivity contribution in [2.45, 2.75) is 71.9 Å². The molecule has 0 aliphatic rings. The smallest absolute Gasteiger partial charge is 0.259 e. The Labute approximate surface area is 444 Å². The second-order valence-corrected chi connectivity index (χ2v) is 20.3. The number of hydrogen-bond donors (Lipinski definition) is 0. The molecule has 0 saturated carbocycles. The summed E-state index contributed by atoms with van der Waals surface area (Å²) in [6.07, 6.45) is 1.00. The molecule has 12 nitrogen and oxygen atoms in total. The van der Waals surface area contributed by atoms with Crippen LogP contribution in [0.2, 0.25) is 0 Å². The number of rotatable bonds is 25. The molecule has 13 heteroatoms. The van der Waals surface area contributed by atoms with Crippen molar-refractivity contribution in [1.29, 1.82) is 5.26 Å². The maximum atomic E-state index is 9.39. The number of ether oxygens (including phenoxy) is 2. The zero-order chi connectivity index (χ0) is 52.7. The molecule has 1 unspecified atom stereocenters. The van der Waals surface area contributed by atoms with E-state index in [4.69, 9.17) is 33.7 Å². The molecule has 0 aliphatic carbocycles. The van der Waals surface area contributed by atoms with Crippen LogP contribution in [-0.2, 0) is 14.5 Å². The Hall–Kier alpha value is -7.26. The second-order valence-electron chi connectivity index (χ2n) is 18.9. The first-order valence-electron chi connectivity index (χ1n) is 26.0. The first-order chi connectivity index (χ1) is 36.6. The van der Waals surface area contributed by atoms with Crippen molar-refractivity contribution < 1.29 is 23.1 Å². The molecule has 0 saturated heterocycles. The van der Waals surface area contributed by atoms with Crippen molar-refractivity contribution >= 4 is 53.3 Å².